The lowest BCUT2D eigenvalue weighted by Crippen LogP contribution is -2.15. The zero-order valence-corrected chi connectivity index (χ0v) is 16.4. The zero-order chi connectivity index (χ0) is 19.5. The summed E-state index contributed by atoms with van der Waals surface area (Å²) in [6.07, 6.45) is 5.21. The van der Waals surface area contributed by atoms with E-state index >= 15 is 0 Å². The SMILES string of the molecule is COc1cc(C)ccc1NC(=O)c1nn(-c2ccccc2)c2c1CCCCC2. The summed E-state index contributed by atoms with van der Waals surface area (Å²) >= 11 is 0. The van der Waals surface area contributed by atoms with E-state index in [9.17, 15) is 4.79 Å². The molecular formula is C23H25N3O2. The minimum atomic E-state index is -0.185. The number of para-hydroxylation sites is 1. The average molecular weight is 375 g/mol. The Kier molecular flexibility index (Phi) is 5.15. The van der Waals surface area contributed by atoms with Crippen molar-refractivity contribution >= 4 is 11.6 Å². The highest BCUT2D eigenvalue weighted by Gasteiger charge is 2.25. The van der Waals surface area contributed by atoms with Crippen LogP contribution < -0.4 is 10.1 Å². The molecular weight excluding hydrogens is 350 g/mol. The molecule has 144 valence electrons. The fraction of sp³-hybridized carbons (Fsp3) is 0.304. The maximum atomic E-state index is 13.2. The summed E-state index contributed by atoms with van der Waals surface area (Å²) in [6, 6.07) is 15.8. The van der Waals surface area contributed by atoms with Crippen molar-refractivity contribution < 1.29 is 9.53 Å². The molecule has 1 amide bonds. The second kappa shape index (κ2) is 7.89. The highest BCUT2D eigenvalue weighted by molar-refractivity contribution is 6.05. The summed E-state index contributed by atoms with van der Waals surface area (Å²) in [4.78, 5) is 13.2. The molecule has 1 aromatic heterocycles. The molecule has 0 unspecified atom stereocenters. The van der Waals surface area contributed by atoms with Crippen LogP contribution >= 0.6 is 0 Å². The number of rotatable bonds is 4. The third-order valence-electron chi connectivity index (χ3n) is 5.25. The molecule has 2 aromatic carbocycles. The molecule has 1 aliphatic rings. The molecule has 0 aliphatic heterocycles. The third-order valence-corrected chi connectivity index (χ3v) is 5.25. The van der Waals surface area contributed by atoms with Gasteiger partial charge in [-0.05, 0) is 62.4 Å². The van der Waals surface area contributed by atoms with E-state index < -0.39 is 0 Å². The van der Waals surface area contributed by atoms with Crippen LogP contribution in [-0.2, 0) is 12.8 Å². The Balaban J connectivity index is 1.73. The summed E-state index contributed by atoms with van der Waals surface area (Å²) in [5.41, 5.74) is 5.48. The van der Waals surface area contributed by atoms with Gasteiger partial charge in [-0.1, -0.05) is 30.7 Å². The van der Waals surface area contributed by atoms with E-state index in [-0.39, 0.29) is 5.91 Å². The first-order chi connectivity index (χ1) is 13.7. The van der Waals surface area contributed by atoms with Crippen molar-refractivity contribution in [3.05, 3.63) is 71.0 Å². The van der Waals surface area contributed by atoms with Crippen molar-refractivity contribution in [1.82, 2.24) is 9.78 Å². The number of ether oxygens (including phenoxy) is 1. The molecule has 3 aromatic rings. The largest absolute Gasteiger partial charge is 0.495 e. The van der Waals surface area contributed by atoms with Crippen molar-refractivity contribution in [2.75, 3.05) is 12.4 Å². The lowest BCUT2D eigenvalue weighted by molar-refractivity contribution is 0.102. The van der Waals surface area contributed by atoms with Crippen molar-refractivity contribution in [2.24, 2.45) is 0 Å². The minimum Gasteiger partial charge on any atom is -0.495 e. The number of carbonyl (C=O) groups excluding carboxylic acids is 1. The van der Waals surface area contributed by atoms with Gasteiger partial charge >= 0.3 is 0 Å². The Morgan fingerprint density at radius 1 is 1.07 bits per heavy atom. The van der Waals surface area contributed by atoms with Gasteiger partial charge in [-0.2, -0.15) is 5.10 Å². The summed E-state index contributed by atoms with van der Waals surface area (Å²) in [5.74, 6) is 0.469. The van der Waals surface area contributed by atoms with Crippen LogP contribution in [0.5, 0.6) is 5.75 Å². The summed E-state index contributed by atoms with van der Waals surface area (Å²) in [6.45, 7) is 2.00. The van der Waals surface area contributed by atoms with Gasteiger partial charge in [0.1, 0.15) is 5.75 Å². The van der Waals surface area contributed by atoms with Gasteiger partial charge in [0, 0.05) is 11.3 Å². The smallest absolute Gasteiger partial charge is 0.276 e. The number of hydrogen-bond acceptors (Lipinski definition) is 3. The second-order valence-corrected chi connectivity index (χ2v) is 7.24. The van der Waals surface area contributed by atoms with Crippen LogP contribution in [0, 0.1) is 6.92 Å². The van der Waals surface area contributed by atoms with Gasteiger partial charge in [0.15, 0.2) is 5.69 Å². The molecule has 5 heteroatoms. The lowest BCUT2D eigenvalue weighted by Gasteiger charge is -2.10. The van der Waals surface area contributed by atoms with Gasteiger partial charge < -0.3 is 10.1 Å². The molecule has 0 spiro atoms. The number of nitrogens with one attached hydrogen (secondary N) is 1. The fourth-order valence-electron chi connectivity index (χ4n) is 3.82. The van der Waals surface area contributed by atoms with Crippen molar-refractivity contribution in [1.29, 1.82) is 0 Å². The van der Waals surface area contributed by atoms with Crippen LogP contribution in [0.15, 0.2) is 48.5 Å². The van der Waals surface area contributed by atoms with E-state index in [1.165, 1.54) is 6.42 Å². The average Bonchev–Trinajstić information content (AvgIpc) is 2.91. The zero-order valence-electron chi connectivity index (χ0n) is 16.4. The number of aromatic nitrogens is 2. The van der Waals surface area contributed by atoms with Gasteiger partial charge in [-0.3, -0.25) is 4.79 Å². The Hall–Kier alpha value is -3.08. The molecule has 4 rings (SSSR count). The van der Waals surface area contributed by atoms with Crippen molar-refractivity contribution in [3.8, 4) is 11.4 Å². The monoisotopic (exact) mass is 375 g/mol. The van der Waals surface area contributed by atoms with Crippen LogP contribution in [0.1, 0.15) is 46.6 Å². The molecule has 0 saturated heterocycles. The molecule has 0 fully saturated rings. The Bertz CT molecular complexity index is 993. The summed E-state index contributed by atoms with van der Waals surface area (Å²) < 4.78 is 7.38. The number of aryl methyl sites for hydroxylation is 1. The predicted molar refractivity (Wildman–Crippen MR) is 111 cm³/mol. The fourth-order valence-corrected chi connectivity index (χ4v) is 3.82. The van der Waals surface area contributed by atoms with E-state index in [0.29, 0.717) is 17.1 Å². The number of benzene rings is 2. The highest BCUT2D eigenvalue weighted by atomic mass is 16.5. The number of nitrogens with zero attached hydrogens (tertiary/aromatic N) is 2. The first-order valence-electron chi connectivity index (χ1n) is 9.79. The molecule has 1 aliphatic carbocycles. The van der Waals surface area contributed by atoms with E-state index in [4.69, 9.17) is 9.84 Å². The molecule has 5 nitrogen and oxygen atoms in total. The van der Waals surface area contributed by atoms with Crippen LogP contribution in [0.25, 0.3) is 5.69 Å². The predicted octanol–water partition coefficient (Wildman–Crippen LogP) is 4.71. The molecule has 0 radical (unpaired) electrons. The van der Waals surface area contributed by atoms with Crippen molar-refractivity contribution in [2.45, 2.75) is 39.0 Å². The number of carbonyl (C=O) groups is 1. The minimum absolute atomic E-state index is 0.185. The number of methoxy groups -OCH3 is 1. The van der Waals surface area contributed by atoms with Gasteiger partial charge in [-0.15, -0.1) is 0 Å². The molecule has 28 heavy (non-hydrogen) atoms. The van der Waals surface area contributed by atoms with E-state index in [1.807, 2.05) is 60.1 Å². The van der Waals surface area contributed by atoms with E-state index in [1.54, 1.807) is 7.11 Å². The first-order valence-corrected chi connectivity index (χ1v) is 9.79. The summed E-state index contributed by atoms with van der Waals surface area (Å²) in [7, 11) is 1.61. The van der Waals surface area contributed by atoms with Gasteiger partial charge in [0.2, 0.25) is 0 Å². The Labute approximate surface area is 165 Å². The van der Waals surface area contributed by atoms with E-state index in [0.717, 1.165) is 48.2 Å². The maximum absolute atomic E-state index is 13.2. The molecule has 1 heterocycles. The molecule has 0 saturated carbocycles. The van der Waals surface area contributed by atoms with Crippen LogP contribution in [0.4, 0.5) is 5.69 Å². The highest BCUT2D eigenvalue weighted by Crippen LogP contribution is 2.29. The number of amides is 1. The van der Waals surface area contributed by atoms with Crippen LogP contribution in [0.3, 0.4) is 0 Å². The number of anilines is 1. The first kappa shape index (κ1) is 18.3. The normalized spacial score (nSPS) is 13.5. The van der Waals surface area contributed by atoms with Gasteiger partial charge in [-0.25, -0.2) is 4.68 Å². The molecule has 0 bridgehead atoms. The Morgan fingerprint density at radius 2 is 1.86 bits per heavy atom. The standard InChI is InChI=1S/C23H25N3O2/c1-16-13-14-19(21(15-16)28-2)24-23(27)22-18-11-7-4-8-12-20(18)26(25-22)17-9-5-3-6-10-17/h3,5-6,9-10,13-15H,4,7-8,11-12H2,1-2H3,(H,24,27). The van der Waals surface area contributed by atoms with Gasteiger partial charge in [0.05, 0.1) is 18.5 Å². The third kappa shape index (κ3) is 3.52. The number of fused-ring (bicyclic) bond motifs is 1. The van der Waals surface area contributed by atoms with Gasteiger partial charge in [0.25, 0.3) is 5.91 Å². The maximum Gasteiger partial charge on any atom is 0.276 e. The second-order valence-electron chi connectivity index (χ2n) is 7.24. The van der Waals surface area contributed by atoms with Crippen LogP contribution in [-0.4, -0.2) is 22.8 Å². The van der Waals surface area contributed by atoms with Crippen LogP contribution in [0.2, 0.25) is 0 Å². The molecule has 1 N–H and O–H groups in total. The van der Waals surface area contributed by atoms with E-state index in [2.05, 4.69) is 5.32 Å². The Morgan fingerprint density at radius 3 is 2.64 bits per heavy atom. The number of hydrogen-bond donors (Lipinski definition) is 1. The quantitative estimate of drug-likeness (QED) is 0.672. The molecule has 0 atom stereocenters. The summed E-state index contributed by atoms with van der Waals surface area (Å²) in [5, 5.41) is 7.74. The lowest BCUT2D eigenvalue weighted by atomic mass is 10.1. The topological polar surface area (TPSA) is 56.1 Å². The van der Waals surface area contributed by atoms with Crippen molar-refractivity contribution in [3.63, 3.8) is 0 Å².